The van der Waals surface area contributed by atoms with Crippen molar-refractivity contribution in [3.63, 3.8) is 0 Å². The number of nitrogens with zero attached hydrogens (tertiary/aromatic N) is 1. The smallest absolute Gasteiger partial charge is 0.125 e. The lowest BCUT2D eigenvalue weighted by molar-refractivity contribution is 0.615. The lowest BCUT2D eigenvalue weighted by Crippen LogP contribution is -2.34. The number of hydrogen-bond acceptors (Lipinski definition) is 2. The summed E-state index contributed by atoms with van der Waals surface area (Å²) < 4.78 is 14.5. The van der Waals surface area contributed by atoms with Crippen molar-refractivity contribution in [3.8, 4) is 0 Å². The van der Waals surface area contributed by atoms with Crippen molar-refractivity contribution in [3.05, 3.63) is 64.4 Å². The Labute approximate surface area is 127 Å². The SMILES string of the molecule is CCN(c1cccc(F)c1)C(CN)c1ccccc1Br. The average molecular weight is 337 g/mol. The van der Waals surface area contributed by atoms with E-state index < -0.39 is 0 Å². The van der Waals surface area contributed by atoms with Gasteiger partial charge in [0.1, 0.15) is 5.82 Å². The number of anilines is 1. The number of nitrogens with two attached hydrogens (primary N) is 1. The van der Waals surface area contributed by atoms with Gasteiger partial charge in [0.15, 0.2) is 0 Å². The molecule has 0 spiro atoms. The van der Waals surface area contributed by atoms with E-state index in [2.05, 4.69) is 20.8 Å². The summed E-state index contributed by atoms with van der Waals surface area (Å²) in [6, 6.07) is 14.6. The van der Waals surface area contributed by atoms with E-state index in [0.717, 1.165) is 22.3 Å². The largest absolute Gasteiger partial charge is 0.363 e. The van der Waals surface area contributed by atoms with Crippen LogP contribution in [0, 0.1) is 5.82 Å². The molecule has 0 fully saturated rings. The fourth-order valence-corrected chi connectivity index (χ4v) is 2.95. The molecule has 4 heteroatoms. The Kier molecular flexibility index (Phi) is 5.15. The topological polar surface area (TPSA) is 29.3 Å². The minimum atomic E-state index is -0.233. The first-order chi connectivity index (χ1) is 9.67. The predicted octanol–water partition coefficient (Wildman–Crippen LogP) is 4.11. The Morgan fingerprint density at radius 3 is 2.55 bits per heavy atom. The highest BCUT2D eigenvalue weighted by Gasteiger charge is 2.20. The maximum absolute atomic E-state index is 13.4. The van der Waals surface area contributed by atoms with Gasteiger partial charge in [0, 0.05) is 23.2 Å². The van der Waals surface area contributed by atoms with Crippen molar-refractivity contribution in [2.24, 2.45) is 5.73 Å². The summed E-state index contributed by atoms with van der Waals surface area (Å²) in [4.78, 5) is 2.11. The highest BCUT2D eigenvalue weighted by molar-refractivity contribution is 9.10. The highest BCUT2D eigenvalue weighted by atomic mass is 79.9. The summed E-state index contributed by atoms with van der Waals surface area (Å²) in [5.41, 5.74) is 7.93. The molecule has 0 amide bonds. The summed E-state index contributed by atoms with van der Waals surface area (Å²) >= 11 is 3.57. The van der Waals surface area contributed by atoms with E-state index in [9.17, 15) is 4.39 Å². The van der Waals surface area contributed by atoms with Crippen molar-refractivity contribution in [2.45, 2.75) is 13.0 Å². The van der Waals surface area contributed by atoms with Gasteiger partial charge in [-0.15, -0.1) is 0 Å². The summed E-state index contributed by atoms with van der Waals surface area (Å²) in [5.74, 6) is -0.233. The third kappa shape index (κ3) is 3.19. The lowest BCUT2D eigenvalue weighted by Gasteiger charge is -2.33. The molecule has 0 saturated carbocycles. The normalized spacial score (nSPS) is 12.2. The van der Waals surface area contributed by atoms with E-state index in [-0.39, 0.29) is 11.9 Å². The molecule has 2 aromatic rings. The van der Waals surface area contributed by atoms with E-state index in [1.807, 2.05) is 37.3 Å². The third-order valence-corrected chi connectivity index (χ3v) is 4.07. The maximum atomic E-state index is 13.4. The van der Waals surface area contributed by atoms with Crippen LogP contribution in [0.3, 0.4) is 0 Å². The van der Waals surface area contributed by atoms with Crippen LogP contribution >= 0.6 is 15.9 Å². The molecule has 0 aliphatic rings. The zero-order valence-electron chi connectivity index (χ0n) is 11.4. The molecule has 0 heterocycles. The van der Waals surface area contributed by atoms with Gasteiger partial charge in [-0.3, -0.25) is 0 Å². The first-order valence-corrected chi connectivity index (χ1v) is 7.43. The van der Waals surface area contributed by atoms with Crippen LogP contribution in [0.4, 0.5) is 10.1 Å². The quantitative estimate of drug-likeness (QED) is 0.889. The Morgan fingerprint density at radius 1 is 1.20 bits per heavy atom. The molecular formula is C16H18BrFN2. The van der Waals surface area contributed by atoms with Gasteiger partial charge in [0.25, 0.3) is 0 Å². The molecule has 2 N–H and O–H groups in total. The van der Waals surface area contributed by atoms with Crippen molar-refractivity contribution in [1.29, 1.82) is 0 Å². The first-order valence-electron chi connectivity index (χ1n) is 6.64. The van der Waals surface area contributed by atoms with E-state index in [1.165, 1.54) is 6.07 Å². The van der Waals surface area contributed by atoms with Gasteiger partial charge in [-0.25, -0.2) is 4.39 Å². The van der Waals surface area contributed by atoms with Crippen LogP contribution < -0.4 is 10.6 Å². The standard InChI is InChI=1S/C16H18BrFN2/c1-2-20(13-7-5-6-12(18)10-13)16(11-19)14-8-3-4-9-15(14)17/h3-10,16H,2,11,19H2,1H3. The molecule has 0 saturated heterocycles. The number of rotatable bonds is 5. The predicted molar refractivity (Wildman–Crippen MR) is 85.4 cm³/mol. The zero-order valence-corrected chi connectivity index (χ0v) is 13.0. The fourth-order valence-electron chi connectivity index (χ4n) is 2.41. The van der Waals surface area contributed by atoms with Crippen LogP contribution in [0.5, 0.6) is 0 Å². The van der Waals surface area contributed by atoms with Crippen molar-refractivity contribution < 1.29 is 4.39 Å². The van der Waals surface area contributed by atoms with Gasteiger partial charge in [-0.1, -0.05) is 40.2 Å². The summed E-state index contributed by atoms with van der Waals surface area (Å²) in [5, 5.41) is 0. The van der Waals surface area contributed by atoms with Gasteiger partial charge in [-0.2, -0.15) is 0 Å². The minimum absolute atomic E-state index is 0.0115. The molecule has 106 valence electrons. The molecule has 0 radical (unpaired) electrons. The van der Waals surface area contributed by atoms with E-state index in [1.54, 1.807) is 12.1 Å². The second-order valence-electron chi connectivity index (χ2n) is 4.54. The highest BCUT2D eigenvalue weighted by Crippen LogP contribution is 2.31. The third-order valence-electron chi connectivity index (χ3n) is 3.34. The molecule has 2 aromatic carbocycles. The van der Waals surface area contributed by atoms with Crippen LogP contribution in [0.1, 0.15) is 18.5 Å². The molecule has 0 aromatic heterocycles. The Morgan fingerprint density at radius 2 is 1.95 bits per heavy atom. The Balaban J connectivity index is 2.40. The molecule has 0 aliphatic carbocycles. The summed E-state index contributed by atoms with van der Waals surface area (Å²) in [6.07, 6.45) is 0. The van der Waals surface area contributed by atoms with Gasteiger partial charge in [0.2, 0.25) is 0 Å². The maximum Gasteiger partial charge on any atom is 0.125 e. The van der Waals surface area contributed by atoms with E-state index in [0.29, 0.717) is 6.54 Å². The average Bonchev–Trinajstić information content (AvgIpc) is 2.45. The second-order valence-corrected chi connectivity index (χ2v) is 5.39. The van der Waals surface area contributed by atoms with Crippen LogP contribution in [0.2, 0.25) is 0 Å². The van der Waals surface area contributed by atoms with Gasteiger partial charge in [-0.05, 0) is 36.8 Å². The fraction of sp³-hybridized carbons (Fsp3) is 0.250. The summed E-state index contributed by atoms with van der Waals surface area (Å²) in [6.45, 7) is 3.27. The minimum Gasteiger partial charge on any atom is -0.363 e. The number of hydrogen-bond donors (Lipinski definition) is 1. The second kappa shape index (κ2) is 6.86. The molecular weight excluding hydrogens is 319 g/mol. The first kappa shape index (κ1) is 15.0. The number of halogens is 2. The molecule has 2 nitrogen and oxygen atoms in total. The number of likely N-dealkylation sites (N-methyl/N-ethyl adjacent to an activating group) is 1. The van der Waals surface area contributed by atoms with E-state index >= 15 is 0 Å². The van der Waals surface area contributed by atoms with Gasteiger partial charge < -0.3 is 10.6 Å². The van der Waals surface area contributed by atoms with Gasteiger partial charge >= 0.3 is 0 Å². The summed E-state index contributed by atoms with van der Waals surface area (Å²) in [7, 11) is 0. The molecule has 0 aliphatic heterocycles. The Hall–Kier alpha value is -1.39. The zero-order chi connectivity index (χ0) is 14.5. The molecule has 20 heavy (non-hydrogen) atoms. The monoisotopic (exact) mass is 336 g/mol. The number of benzene rings is 2. The van der Waals surface area contributed by atoms with Crippen LogP contribution in [-0.4, -0.2) is 13.1 Å². The van der Waals surface area contributed by atoms with Crippen molar-refractivity contribution in [1.82, 2.24) is 0 Å². The molecule has 0 bridgehead atoms. The van der Waals surface area contributed by atoms with Crippen molar-refractivity contribution in [2.75, 3.05) is 18.0 Å². The Bertz CT molecular complexity index is 574. The van der Waals surface area contributed by atoms with Crippen LogP contribution in [-0.2, 0) is 0 Å². The lowest BCUT2D eigenvalue weighted by atomic mass is 10.0. The van der Waals surface area contributed by atoms with E-state index in [4.69, 9.17) is 5.73 Å². The van der Waals surface area contributed by atoms with Crippen molar-refractivity contribution >= 4 is 21.6 Å². The molecule has 2 rings (SSSR count). The van der Waals surface area contributed by atoms with Crippen LogP contribution in [0.15, 0.2) is 53.0 Å². The molecule has 1 atom stereocenters. The van der Waals surface area contributed by atoms with Gasteiger partial charge in [0.05, 0.1) is 6.04 Å². The van der Waals surface area contributed by atoms with Crippen LogP contribution in [0.25, 0.3) is 0 Å². The molecule has 1 unspecified atom stereocenters.